The molecular formula is C10H13FO3S. The smallest absolute Gasteiger partial charge is 0.261 e. The Morgan fingerprint density at radius 1 is 1.33 bits per heavy atom. The minimum Gasteiger partial charge on any atom is -0.261 e. The van der Waals surface area contributed by atoms with Crippen LogP contribution in [0.15, 0.2) is 29.2 Å². The molecule has 0 aliphatic heterocycles. The standard InChI is InChI=1S/C10H13FO3S/c1-8-3-5-10(6-4-8)15(12,13)14-9(2)7-11/h3-6,9H,7H2,1-2H3/i11-1. The third-order valence-electron chi connectivity index (χ3n) is 1.82. The minimum atomic E-state index is -3.83. The highest BCUT2D eigenvalue weighted by molar-refractivity contribution is 7.86. The minimum absolute atomic E-state index is 0.0494. The maximum Gasteiger partial charge on any atom is 0.297 e. The van der Waals surface area contributed by atoms with Crippen LogP contribution in [-0.2, 0) is 14.3 Å². The monoisotopic (exact) mass is 231 g/mol. The fourth-order valence-corrected chi connectivity index (χ4v) is 2.07. The van der Waals surface area contributed by atoms with Gasteiger partial charge in [0.15, 0.2) is 0 Å². The highest BCUT2D eigenvalue weighted by Crippen LogP contribution is 2.14. The van der Waals surface area contributed by atoms with Crippen molar-refractivity contribution >= 4 is 10.1 Å². The maximum absolute atomic E-state index is 12.1. The molecule has 1 unspecified atom stereocenters. The van der Waals surface area contributed by atoms with E-state index in [1.165, 1.54) is 19.1 Å². The van der Waals surface area contributed by atoms with Crippen molar-refractivity contribution in [3.8, 4) is 0 Å². The summed E-state index contributed by atoms with van der Waals surface area (Å²) in [4.78, 5) is 0.0494. The summed E-state index contributed by atoms with van der Waals surface area (Å²) in [5, 5.41) is 0. The highest BCUT2D eigenvalue weighted by atomic mass is 32.2. The Kier molecular flexibility index (Phi) is 3.82. The normalized spacial score (nSPS) is 13.8. The Bertz CT molecular complexity index is 411. The first-order valence-corrected chi connectivity index (χ1v) is 5.92. The largest absolute Gasteiger partial charge is 0.297 e. The summed E-state index contributed by atoms with van der Waals surface area (Å²) in [5.41, 5.74) is 0.951. The van der Waals surface area contributed by atoms with Gasteiger partial charge >= 0.3 is 0 Å². The van der Waals surface area contributed by atoms with Crippen molar-refractivity contribution in [1.29, 1.82) is 0 Å². The van der Waals surface area contributed by atoms with Gasteiger partial charge in [0, 0.05) is 0 Å². The zero-order chi connectivity index (χ0) is 11.5. The van der Waals surface area contributed by atoms with Crippen LogP contribution in [0.5, 0.6) is 0 Å². The molecule has 0 heterocycles. The van der Waals surface area contributed by atoms with Gasteiger partial charge in [-0.2, -0.15) is 8.42 Å². The van der Waals surface area contributed by atoms with Crippen molar-refractivity contribution < 1.29 is 17.0 Å². The zero-order valence-electron chi connectivity index (χ0n) is 8.60. The molecule has 1 aromatic rings. The van der Waals surface area contributed by atoms with Crippen LogP contribution in [0.1, 0.15) is 12.5 Å². The van der Waals surface area contributed by atoms with Gasteiger partial charge in [0.1, 0.15) is 12.8 Å². The van der Waals surface area contributed by atoms with Crippen LogP contribution in [0.25, 0.3) is 0 Å². The molecule has 0 amide bonds. The molecule has 1 rings (SSSR count). The lowest BCUT2D eigenvalue weighted by Gasteiger charge is -2.09. The van der Waals surface area contributed by atoms with Crippen LogP contribution in [0, 0.1) is 6.92 Å². The van der Waals surface area contributed by atoms with Gasteiger partial charge in [0.05, 0.1) is 4.90 Å². The number of hydrogen-bond acceptors (Lipinski definition) is 3. The summed E-state index contributed by atoms with van der Waals surface area (Å²) in [6, 6.07) is 6.21. The molecule has 3 nitrogen and oxygen atoms in total. The average Bonchev–Trinajstić information content (AvgIpc) is 2.17. The van der Waals surface area contributed by atoms with Gasteiger partial charge in [-0.25, -0.2) is 4.39 Å². The number of rotatable bonds is 4. The van der Waals surface area contributed by atoms with Gasteiger partial charge in [0.25, 0.3) is 10.1 Å². The zero-order valence-corrected chi connectivity index (χ0v) is 9.42. The molecule has 0 N–H and O–H groups in total. The third kappa shape index (κ3) is 3.28. The molecule has 0 bridgehead atoms. The predicted molar refractivity (Wildman–Crippen MR) is 54.9 cm³/mol. The molecule has 0 saturated carbocycles. The quantitative estimate of drug-likeness (QED) is 0.745. The van der Waals surface area contributed by atoms with E-state index < -0.39 is 22.9 Å². The van der Waals surface area contributed by atoms with E-state index in [4.69, 9.17) is 0 Å². The molecule has 84 valence electrons. The highest BCUT2D eigenvalue weighted by Gasteiger charge is 2.18. The fourth-order valence-electron chi connectivity index (χ4n) is 1.00. The first-order chi connectivity index (χ1) is 6.95. The second kappa shape index (κ2) is 4.72. The summed E-state index contributed by atoms with van der Waals surface area (Å²) < 4.78 is 39.8. The molecule has 0 spiro atoms. The first kappa shape index (κ1) is 12.1. The second-order valence-electron chi connectivity index (χ2n) is 3.33. The predicted octanol–water partition coefficient (Wildman–Crippen LogP) is 2.06. The van der Waals surface area contributed by atoms with Crippen molar-refractivity contribution in [1.82, 2.24) is 0 Å². The van der Waals surface area contributed by atoms with Gasteiger partial charge in [-0.05, 0) is 26.0 Å². The molecule has 0 aliphatic rings. The molecule has 0 radical (unpaired) electrons. The van der Waals surface area contributed by atoms with Gasteiger partial charge in [-0.15, -0.1) is 0 Å². The van der Waals surface area contributed by atoms with E-state index in [9.17, 15) is 12.8 Å². The second-order valence-corrected chi connectivity index (χ2v) is 4.90. The van der Waals surface area contributed by atoms with E-state index in [2.05, 4.69) is 4.18 Å². The summed E-state index contributed by atoms with van der Waals surface area (Å²) >= 11 is 0. The van der Waals surface area contributed by atoms with E-state index in [1.807, 2.05) is 6.92 Å². The van der Waals surface area contributed by atoms with Crippen molar-refractivity contribution in [2.45, 2.75) is 24.8 Å². The van der Waals surface area contributed by atoms with Crippen molar-refractivity contribution in [3.05, 3.63) is 29.8 Å². The van der Waals surface area contributed by atoms with Gasteiger partial charge in [0.2, 0.25) is 0 Å². The van der Waals surface area contributed by atoms with Crippen LogP contribution in [0.3, 0.4) is 0 Å². The Morgan fingerprint density at radius 3 is 2.33 bits per heavy atom. The summed E-state index contributed by atoms with van der Waals surface area (Å²) in [7, 11) is -3.83. The number of halogens is 1. The molecule has 1 atom stereocenters. The summed E-state index contributed by atoms with van der Waals surface area (Å²) in [5.74, 6) is 0. The molecule has 0 aliphatic carbocycles. The summed E-state index contributed by atoms with van der Waals surface area (Å²) in [6.45, 7) is 2.39. The van der Waals surface area contributed by atoms with Crippen LogP contribution in [-0.4, -0.2) is 21.2 Å². The van der Waals surface area contributed by atoms with E-state index in [0.29, 0.717) is 0 Å². The number of benzene rings is 1. The van der Waals surface area contributed by atoms with E-state index in [-0.39, 0.29) is 4.90 Å². The van der Waals surface area contributed by atoms with Gasteiger partial charge < -0.3 is 0 Å². The van der Waals surface area contributed by atoms with Crippen LogP contribution in [0.2, 0.25) is 0 Å². The molecule has 0 saturated heterocycles. The van der Waals surface area contributed by atoms with Crippen LogP contribution >= 0.6 is 0 Å². The lowest BCUT2D eigenvalue weighted by Crippen LogP contribution is -2.17. The summed E-state index contributed by atoms with van der Waals surface area (Å²) in [6.07, 6.45) is -0.948. The first-order valence-electron chi connectivity index (χ1n) is 4.51. The molecule has 1 aromatic carbocycles. The lowest BCUT2D eigenvalue weighted by atomic mass is 10.2. The lowest BCUT2D eigenvalue weighted by molar-refractivity contribution is 0.189. The molecule has 5 heteroatoms. The van der Waals surface area contributed by atoms with Gasteiger partial charge in [-0.3, -0.25) is 4.18 Å². The molecule has 0 aromatic heterocycles. The average molecular weight is 231 g/mol. The fraction of sp³-hybridized carbons (Fsp3) is 0.400. The molecule has 0 fully saturated rings. The van der Waals surface area contributed by atoms with E-state index in [0.717, 1.165) is 5.56 Å². The molecule has 15 heavy (non-hydrogen) atoms. The maximum atomic E-state index is 12.1. The van der Waals surface area contributed by atoms with Gasteiger partial charge in [-0.1, -0.05) is 17.7 Å². The van der Waals surface area contributed by atoms with Crippen molar-refractivity contribution in [2.24, 2.45) is 0 Å². The Morgan fingerprint density at radius 2 is 1.87 bits per heavy atom. The van der Waals surface area contributed by atoms with Crippen LogP contribution < -0.4 is 0 Å². The number of alkyl halides is 1. The topological polar surface area (TPSA) is 43.4 Å². The Hall–Kier alpha value is -0.940. The van der Waals surface area contributed by atoms with E-state index >= 15 is 0 Å². The third-order valence-corrected chi connectivity index (χ3v) is 3.25. The Balaban J connectivity index is 2.91. The van der Waals surface area contributed by atoms with Crippen molar-refractivity contribution in [3.63, 3.8) is 0 Å². The molecular weight excluding hydrogens is 218 g/mol. The van der Waals surface area contributed by atoms with Crippen molar-refractivity contribution in [2.75, 3.05) is 6.67 Å². The Labute approximate surface area is 89.0 Å². The van der Waals surface area contributed by atoms with E-state index in [1.54, 1.807) is 12.1 Å². The SMILES string of the molecule is Cc1ccc(S(=O)(=O)OC(C)C[18F])cc1. The number of hydrogen-bond donors (Lipinski definition) is 0. The van der Waals surface area contributed by atoms with Crippen LogP contribution in [0.4, 0.5) is 4.39 Å². The number of aryl methyl sites for hydroxylation is 1.